The van der Waals surface area contributed by atoms with Gasteiger partial charge in [0.25, 0.3) is 0 Å². The molecule has 0 saturated heterocycles. The van der Waals surface area contributed by atoms with Crippen LogP contribution in [0.15, 0.2) is 17.1 Å². The van der Waals surface area contributed by atoms with Crippen molar-refractivity contribution in [2.45, 2.75) is 45.4 Å². The van der Waals surface area contributed by atoms with Crippen LogP contribution in [0.25, 0.3) is 0 Å². The van der Waals surface area contributed by atoms with Gasteiger partial charge in [-0.15, -0.1) is 0 Å². The number of hydrogen-bond donors (Lipinski definition) is 2. The van der Waals surface area contributed by atoms with Crippen molar-refractivity contribution in [3.05, 3.63) is 12.2 Å². The Bertz CT molecular complexity index is 336. The Morgan fingerprint density at radius 2 is 1.95 bits per heavy atom. The SMILES string of the molecule is C/C=C/CCCCC([O-])=NCN(CCCO)CCC(=O)O.[K+]. The quantitative estimate of drug-likeness (QED) is 0.133. The predicted octanol–water partition coefficient (Wildman–Crippen LogP) is -2.00. The number of aliphatic carboxylic acids is 1. The molecule has 2 N–H and O–H groups in total. The number of allylic oxidation sites excluding steroid dienone is 2. The zero-order valence-electron chi connectivity index (χ0n) is 13.8. The van der Waals surface area contributed by atoms with Gasteiger partial charge in [0.1, 0.15) is 0 Å². The second-order valence-corrected chi connectivity index (χ2v) is 4.85. The van der Waals surface area contributed by atoms with Gasteiger partial charge >= 0.3 is 57.4 Å². The molecule has 22 heavy (non-hydrogen) atoms. The number of hydrogen-bond acceptors (Lipinski definition) is 5. The number of nitrogens with zero attached hydrogens (tertiary/aromatic N) is 2. The molecule has 0 rings (SSSR count). The molecular formula is C15H27KN2O4. The zero-order valence-corrected chi connectivity index (χ0v) is 17.0. The first-order chi connectivity index (χ1) is 10.1. The van der Waals surface area contributed by atoms with Crippen molar-refractivity contribution in [2.24, 2.45) is 4.99 Å². The third kappa shape index (κ3) is 16.6. The summed E-state index contributed by atoms with van der Waals surface area (Å²) >= 11 is 0. The largest absolute Gasteiger partial charge is 1.00 e. The third-order valence-corrected chi connectivity index (χ3v) is 2.97. The first-order valence-electron chi connectivity index (χ1n) is 7.46. The fraction of sp³-hybridized carbons (Fsp3) is 0.733. The predicted molar refractivity (Wildman–Crippen MR) is 81.1 cm³/mol. The van der Waals surface area contributed by atoms with Crippen LogP contribution in [0.2, 0.25) is 0 Å². The molecule has 6 nitrogen and oxygen atoms in total. The van der Waals surface area contributed by atoms with Gasteiger partial charge in [-0.3, -0.25) is 14.7 Å². The fourth-order valence-corrected chi connectivity index (χ4v) is 1.76. The van der Waals surface area contributed by atoms with Crippen LogP contribution >= 0.6 is 0 Å². The molecule has 0 aromatic carbocycles. The minimum Gasteiger partial charge on any atom is -0.862 e. The van der Waals surface area contributed by atoms with Gasteiger partial charge in [0.2, 0.25) is 0 Å². The van der Waals surface area contributed by atoms with Crippen LogP contribution in [0, 0.1) is 0 Å². The molecule has 0 aliphatic rings. The maximum atomic E-state index is 11.6. The van der Waals surface area contributed by atoms with Crippen molar-refractivity contribution < 1.29 is 71.5 Å². The number of aliphatic hydroxyl groups excluding tert-OH is 1. The number of aliphatic hydroxyl groups is 1. The van der Waals surface area contributed by atoms with Gasteiger partial charge in [-0.1, -0.05) is 12.2 Å². The normalized spacial score (nSPS) is 11.9. The summed E-state index contributed by atoms with van der Waals surface area (Å²) in [5.74, 6) is -1.01. The Morgan fingerprint density at radius 3 is 2.55 bits per heavy atom. The van der Waals surface area contributed by atoms with Gasteiger partial charge < -0.3 is 15.3 Å². The van der Waals surface area contributed by atoms with E-state index in [4.69, 9.17) is 10.2 Å². The number of carboxylic acids is 1. The fourth-order valence-electron chi connectivity index (χ4n) is 1.76. The van der Waals surface area contributed by atoms with E-state index in [2.05, 4.69) is 11.1 Å². The second-order valence-electron chi connectivity index (χ2n) is 4.85. The Balaban J connectivity index is 0. The molecule has 0 radical (unpaired) electrons. The van der Waals surface area contributed by atoms with Crippen molar-refractivity contribution in [1.29, 1.82) is 0 Å². The van der Waals surface area contributed by atoms with E-state index in [1.807, 2.05) is 13.0 Å². The molecule has 0 aromatic rings. The number of aliphatic imine (C=N–C) groups is 1. The van der Waals surface area contributed by atoms with E-state index in [-0.39, 0.29) is 77.0 Å². The van der Waals surface area contributed by atoms with E-state index in [1.54, 1.807) is 4.90 Å². The first-order valence-corrected chi connectivity index (χ1v) is 7.46. The molecule has 0 saturated carbocycles. The van der Waals surface area contributed by atoms with Crippen molar-refractivity contribution >= 4 is 11.9 Å². The van der Waals surface area contributed by atoms with Crippen LogP contribution in [0.4, 0.5) is 0 Å². The Hall–Kier alpha value is 0.236. The average Bonchev–Trinajstić information content (AvgIpc) is 2.46. The molecule has 0 amide bonds. The Morgan fingerprint density at radius 1 is 1.23 bits per heavy atom. The maximum Gasteiger partial charge on any atom is 1.00 e. The minimum atomic E-state index is -0.876. The summed E-state index contributed by atoms with van der Waals surface area (Å²) in [4.78, 5) is 16.3. The topological polar surface area (TPSA) is 96.2 Å². The number of unbranched alkanes of at least 4 members (excludes halogenated alkanes) is 2. The summed E-state index contributed by atoms with van der Waals surface area (Å²) in [6.45, 7) is 3.11. The Kier molecular flexibility index (Phi) is 19.6. The van der Waals surface area contributed by atoms with Gasteiger partial charge in [0.05, 0.1) is 13.1 Å². The summed E-state index contributed by atoms with van der Waals surface area (Å²) in [7, 11) is 0. The molecule has 0 aromatic heterocycles. The van der Waals surface area contributed by atoms with Crippen LogP contribution in [0.3, 0.4) is 0 Å². The molecule has 0 heterocycles. The van der Waals surface area contributed by atoms with Gasteiger partial charge in [0, 0.05) is 19.7 Å². The van der Waals surface area contributed by atoms with Gasteiger partial charge in [-0.25, -0.2) is 0 Å². The van der Waals surface area contributed by atoms with Crippen LogP contribution < -0.4 is 56.5 Å². The van der Waals surface area contributed by atoms with Gasteiger partial charge in [0.15, 0.2) is 0 Å². The second kappa shape index (κ2) is 17.6. The van der Waals surface area contributed by atoms with Crippen molar-refractivity contribution in [2.75, 3.05) is 26.4 Å². The van der Waals surface area contributed by atoms with Crippen molar-refractivity contribution in [1.82, 2.24) is 4.90 Å². The molecule has 0 aliphatic heterocycles. The number of carbonyl (C=O) groups is 1. The number of carboxylic acid groups (broad SMARTS) is 1. The molecule has 0 atom stereocenters. The maximum absolute atomic E-state index is 11.6. The molecule has 122 valence electrons. The summed E-state index contributed by atoms with van der Waals surface area (Å²) in [5.41, 5.74) is 0. The molecule has 0 aliphatic carbocycles. The van der Waals surface area contributed by atoms with E-state index >= 15 is 0 Å². The van der Waals surface area contributed by atoms with Gasteiger partial charge in [-0.2, -0.15) is 0 Å². The summed E-state index contributed by atoms with van der Waals surface area (Å²) in [6, 6.07) is 0. The molecule has 0 unspecified atom stereocenters. The van der Waals surface area contributed by atoms with E-state index in [1.165, 1.54) is 0 Å². The molecule has 7 heteroatoms. The Labute approximate surface area is 175 Å². The first kappa shape index (κ1) is 24.5. The van der Waals surface area contributed by atoms with Crippen LogP contribution in [0.1, 0.15) is 45.4 Å². The van der Waals surface area contributed by atoms with E-state index < -0.39 is 5.97 Å². The smallest absolute Gasteiger partial charge is 0.862 e. The van der Waals surface area contributed by atoms with Crippen LogP contribution in [0.5, 0.6) is 0 Å². The molecular weight excluding hydrogens is 311 g/mol. The third-order valence-electron chi connectivity index (χ3n) is 2.97. The van der Waals surface area contributed by atoms with Crippen molar-refractivity contribution in [3.63, 3.8) is 0 Å². The minimum absolute atomic E-state index is 0. The molecule has 0 fully saturated rings. The van der Waals surface area contributed by atoms with E-state index in [9.17, 15) is 9.90 Å². The summed E-state index contributed by atoms with van der Waals surface area (Å²) in [6.07, 6.45) is 7.83. The van der Waals surface area contributed by atoms with E-state index in [0.29, 0.717) is 25.9 Å². The molecule has 0 bridgehead atoms. The summed E-state index contributed by atoms with van der Waals surface area (Å²) in [5, 5.41) is 29.1. The monoisotopic (exact) mass is 338 g/mol. The standard InChI is InChI=1S/C15H28N2O4.K/c1-2-3-4-5-6-8-14(19)16-13-17(10-7-12-18)11-9-15(20)21;/h2-3,18H,4-13H2,1H3,(H,16,19)(H,20,21);/q;+1/p-1/b3-2+;. The van der Waals surface area contributed by atoms with Crippen LogP contribution in [-0.4, -0.2) is 53.3 Å². The van der Waals surface area contributed by atoms with Gasteiger partial charge in [-0.05, 0) is 44.9 Å². The average molecular weight is 338 g/mol. The zero-order chi connectivity index (χ0) is 15.9. The van der Waals surface area contributed by atoms with Crippen molar-refractivity contribution in [3.8, 4) is 0 Å². The molecule has 0 spiro atoms. The summed E-state index contributed by atoms with van der Waals surface area (Å²) < 4.78 is 0. The van der Waals surface area contributed by atoms with E-state index in [0.717, 1.165) is 19.3 Å². The number of rotatable bonds is 13. The van der Waals surface area contributed by atoms with Crippen LogP contribution in [-0.2, 0) is 4.79 Å².